The number of hydrogen-bond acceptors (Lipinski definition) is 1. The quantitative estimate of drug-likeness (QED) is 0.799. The van der Waals surface area contributed by atoms with Gasteiger partial charge in [-0.3, -0.25) is 0 Å². The van der Waals surface area contributed by atoms with E-state index in [4.69, 9.17) is 0 Å². The minimum Gasteiger partial charge on any atom is -0.508 e. The highest BCUT2D eigenvalue weighted by Crippen LogP contribution is 2.27. The smallest absolute Gasteiger partial charge is 0.115 e. The first-order valence-corrected chi connectivity index (χ1v) is 5.98. The van der Waals surface area contributed by atoms with Crippen LogP contribution in [-0.2, 0) is 0 Å². The third-order valence-electron chi connectivity index (χ3n) is 3.10. The zero-order valence-electron chi connectivity index (χ0n) is 10.6. The molecule has 1 nitrogen and oxygen atoms in total. The van der Waals surface area contributed by atoms with Crippen LogP contribution in [0.15, 0.2) is 42.5 Å². The molecule has 0 aliphatic heterocycles. The molecule has 2 aromatic carbocycles. The van der Waals surface area contributed by atoms with E-state index in [0.717, 1.165) is 5.56 Å². The molecular weight excluding hydrogens is 208 g/mol. The Labute approximate surface area is 103 Å². The van der Waals surface area contributed by atoms with Crippen LogP contribution in [0.1, 0.15) is 30.9 Å². The van der Waals surface area contributed by atoms with Gasteiger partial charge in [-0.05, 0) is 47.2 Å². The maximum atomic E-state index is 9.29. The van der Waals surface area contributed by atoms with Gasteiger partial charge in [0.05, 0.1) is 0 Å². The van der Waals surface area contributed by atoms with Crippen LogP contribution in [-0.4, -0.2) is 5.11 Å². The van der Waals surface area contributed by atoms with Gasteiger partial charge in [0.2, 0.25) is 0 Å². The molecule has 0 aliphatic carbocycles. The third kappa shape index (κ3) is 2.50. The van der Waals surface area contributed by atoms with Crippen molar-refractivity contribution in [2.75, 3.05) is 0 Å². The van der Waals surface area contributed by atoms with E-state index >= 15 is 0 Å². The molecule has 0 aliphatic rings. The van der Waals surface area contributed by atoms with Gasteiger partial charge >= 0.3 is 0 Å². The fourth-order valence-electron chi connectivity index (χ4n) is 2.01. The van der Waals surface area contributed by atoms with Crippen molar-refractivity contribution in [3.8, 4) is 16.9 Å². The molecule has 17 heavy (non-hydrogen) atoms. The van der Waals surface area contributed by atoms with Gasteiger partial charge in [-0.25, -0.2) is 0 Å². The van der Waals surface area contributed by atoms with Crippen molar-refractivity contribution in [1.29, 1.82) is 0 Å². The summed E-state index contributed by atoms with van der Waals surface area (Å²) in [6, 6.07) is 13.9. The summed E-state index contributed by atoms with van der Waals surface area (Å²) in [5, 5.41) is 9.29. The van der Waals surface area contributed by atoms with E-state index in [1.165, 1.54) is 16.7 Å². The molecule has 0 aromatic heterocycles. The molecule has 0 saturated carbocycles. The maximum absolute atomic E-state index is 9.29. The van der Waals surface area contributed by atoms with E-state index in [2.05, 4.69) is 39.0 Å². The SMILES string of the molecule is Cc1cc(C(C)C)ccc1-c1ccc(O)cc1. The zero-order valence-corrected chi connectivity index (χ0v) is 10.6. The van der Waals surface area contributed by atoms with Gasteiger partial charge in [0, 0.05) is 0 Å². The van der Waals surface area contributed by atoms with E-state index in [0.29, 0.717) is 11.7 Å². The van der Waals surface area contributed by atoms with Gasteiger partial charge in [0.1, 0.15) is 5.75 Å². The number of aryl methyl sites for hydroxylation is 1. The Hall–Kier alpha value is -1.76. The molecule has 2 aromatic rings. The lowest BCUT2D eigenvalue weighted by Gasteiger charge is -2.11. The predicted molar refractivity (Wildman–Crippen MR) is 72.4 cm³/mol. The van der Waals surface area contributed by atoms with E-state index < -0.39 is 0 Å². The highest BCUT2D eigenvalue weighted by atomic mass is 16.3. The van der Waals surface area contributed by atoms with Crippen LogP contribution in [0.25, 0.3) is 11.1 Å². The Morgan fingerprint density at radius 1 is 0.941 bits per heavy atom. The van der Waals surface area contributed by atoms with E-state index in [9.17, 15) is 5.11 Å². The first-order valence-electron chi connectivity index (χ1n) is 5.98. The van der Waals surface area contributed by atoms with E-state index in [1.807, 2.05) is 12.1 Å². The van der Waals surface area contributed by atoms with E-state index in [1.54, 1.807) is 12.1 Å². The largest absolute Gasteiger partial charge is 0.508 e. The average Bonchev–Trinajstić information content (AvgIpc) is 2.30. The molecule has 2 rings (SSSR count). The second kappa shape index (κ2) is 4.62. The Balaban J connectivity index is 2.43. The van der Waals surface area contributed by atoms with Crippen LogP contribution < -0.4 is 0 Å². The summed E-state index contributed by atoms with van der Waals surface area (Å²) in [6.07, 6.45) is 0. The average molecular weight is 226 g/mol. The van der Waals surface area contributed by atoms with Gasteiger partial charge in [0.25, 0.3) is 0 Å². The summed E-state index contributed by atoms with van der Waals surface area (Å²) in [4.78, 5) is 0. The molecule has 0 saturated heterocycles. The van der Waals surface area contributed by atoms with Gasteiger partial charge < -0.3 is 5.11 Å². The number of benzene rings is 2. The van der Waals surface area contributed by atoms with Crippen LogP contribution in [0, 0.1) is 6.92 Å². The van der Waals surface area contributed by atoms with Gasteiger partial charge in [-0.1, -0.05) is 44.2 Å². The monoisotopic (exact) mass is 226 g/mol. The van der Waals surface area contributed by atoms with Crippen LogP contribution in [0.3, 0.4) is 0 Å². The van der Waals surface area contributed by atoms with Crippen LogP contribution in [0.2, 0.25) is 0 Å². The molecule has 0 spiro atoms. The molecule has 1 N–H and O–H groups in total. The van der Waals surface area contributed by atoms with Crippen molar-refractivity contribution in [3.05, 3.63) is 53.6 Å². The lowest BCUT2D eigenvalue weighted by molar-refractivity contribution is 0.475. The van der Waals surface area contributed by atoms with Crippen LogP contribution in [0.4, 0.5) is 0 Å². The Morgan fingerprint density at radius 3 is 2.12 bits per heavy atom. The first kappa shape index (κ1) is 11.7. The second-order valence-corrected chi connectivity index (χ2v) is 4.78. The van der Waals surface area contributed by atoms with Gasteiger partial charge in [-0.15, -0.1) is 0 Å². The van der Waals surface area contributed by atoms with Crippen LogP contribution >= 0.6 is 0 Å². The summed E-state index contributed by atoms with van der Waals surface area (Å²) in [6.45, 7) is 6.54. The molecular formula is C16H18O. The van der Waals surface area contributed by atoms with Crippen molar-refractivity contribution in [1.82, 2.24) is 0 Å². The molecule has 0 amide bonds. The third-order valence-corrected chi connectivity index (χ3v) is 3.10. The van der Waals surface area contributed by atoms with Crippen molar-refractivity contribution in [2.45, 2.75) is 26.7 Å². The number of rotatable bonds is 2. The molecule has 0 atom stereocenters. The number of phenolic OH excluding ortho intramolecular Hbond substituents is 1. The molecule has 0 bridgehead atoms. The maximum Gasteiger partial charge on any atom is 0.115 e. The minimum atomic E-state index is 0.310. The Morgan fingerprint density at radius 2 is 1.59 bits per heavy atom. The Kier molecular flexibility index (Phi) is 3.19. The minimum absolute atomic E-state index is 0.310. The van der Waals surface area contributed by atoms with Gasteiger partial charge in [-0.2, -0.15) is 0 Å². The van der Waals surface area contributed by atoms with Crippen molar-refractivity contribution < 1.29 is 5.11 Å². The number of phenols is 1. The molecule has 0 radical (unpaired) electrons. The highest BCUT2D eigenvalue weighted by Gasteiger charge is 2.05. The van der Waals surface area contributed by atoms with Crippen LogP contribution in [0.5, 0.6) is 5.75 Å². The molecule has 0 fully saturated rings. The van der Waals surface area contributed by atoms with Gasteiger partial charge in [0.15, 0.2) is 0 Å². The Bertz CT molecular complexity index is 510. The topological polar surface area (TPSA) is 20.2 Å². The number of hydrogen-bond donors (Lipinski definition) is 1. The second-order valence-electron chi connectivity index (χ2n) is 4.78. The van der Waals surface area contributed by atoms with Crippen molar-refractivity contribution >= 4 is 0 Å². The standard InChI is InChI=1S/C16H18O/c1-11(2)14-6-9-16(12(3)10-14)13-4-7-15(17)8-5-13/h4-11,17H,1-3H3. The lowest BCUT2D eigenvalue weighted by atomic mass is 9.94. The number of aromatic hydroxyl groups is 1. The summed E-state index contributed by atoms with van der Waals surface area (Å²) in [5.74, 6) is 0.868. The summed E-state index contributed by atoms with van der Waals surface area (Å²) in [5.41, 5.74) is 5.02. The van der Waals surface area contributed by atoms with Crippen molar-refractivity contribution in [2.24, 2.45) is 0 Å². The fourth-order valence-corrected chi connectivity index (χ4v) is 2.01. The first-order chi connectivity index (χ1) is 8.08. The van der Waals surface area contributed by atoms with E-state index in [-0.39, 0.29) is 0 Å². The zero-order chi connectivity index (χ0) is 12.4. The fraction of sp³-hybridized carbons (Fsp3) is 0.250. The van der Waals surface area contributed by atoms with Crippen molar-refractivity contribution in [3.63, 3.8) is 0 Å². The molecule has 1 heteroatoms. The predicted octanol–water partition coefficient (Wildman–Crippen LogP) is 4.49. The lowest BCUT2D eigenvalue weighted by Crippen LogP contribution is -1.90. The normalized spacial score (nSPS) is 10.8. The highest BCUT2D eigenvalue weighted by molar-refractivity contribution is 5.68. The summed E-state index contributed by atoms with van der Waals surface area (Å²) in [7, 11) is 0. The summed E-state index contributed by atoms with van der Waals surface area (Å²) >= 11 is 0. The summed E-state index contributed by atoms with van der Waals surface area (Å²) < 4.78 is 0. The molecule has 0 unspecified atom stereocenters. The molecule has 0 heterocycles. The molecule has 88 valence electrons.